The van der Waals surface area contributed by atoms with E-state index in [0.29, 0.717) is 50.6 Å². The Hall–Kier alpha value is -1.19. The zero-order valence-electron chi connectivity index (χ0n) is 12.0. The second kappa shape index (κ2) is 10.5. The molecule has 0 aromatic carbocycles. The molecule has 0 N–H and O–H groups in total. The van der Waals surface area contributed by atoms with Gasteiger partial charge in [-0.3, -0.25) is 0 Å². The lowest BCUT2D eigenvalue weighted by Gasteiger charge is -2.25. The molecule has 0 aliphatic rings. The average molecular weight is 329 g/mol. The fraction of sp³-hybridized carbons (Fsp3) is 0.769. The largest absolute Gasteiger partial charge is 0.748 e. The molecule has 0 aliphatic heterocycles. The fourth-order valence-electron chi connectivity index (χ4n) is 2.26. The molecule has 8 heteroatoms. The van der Waals surface area contributed by atoms with Crippen molar-refractivity contribution >= 4 is 17.4 Å². The van der Waals surface area contributed by atoms with Crippen LogP contribution < -0.4 is 0 Å². The number of nitriles is 3. The summed E-state index contributed by atoms with van der Waals surface area (Å²) in [7, 11) is -5.78. The molecule has 0 aliphatic carbocycles. The van der Waals surface area contributed by atoms with Crippen LogP contribution in [0.4, 0.5) is 0 Å². The van der Waals surface area contributed by atoms with Gasteiger partial charge in [-0.25, -0.2) is 8.42 Å². The second-order valence-corrected chi connectivity index (χ2v) is 10.9. The van der Waals surface area contributed by atoms with E-state index in [2.05, 4.69) is 18.2 Å². The van der Waals surface area contributed by atoms with Gasteiger partial charge in [-0.05, 0) is 12.8 Å². The van der Waals surface area contributed by atoms with Crippen LogP contribution in [0.3, 0.4) is 0 Å². The van der Waals surface area contributed by atoms with Crippen molar-refractivity contribution < 1.29 is 13.0 Å². The van der Waals surface area contributed by atoms with Crippen molar-refractivity contribution in [3.63, 3.8) is 0 Å². The molecule has 0 rings (SSSR count). The van der Waals surface area contributed by atoms with E-state index in [-0.39, 0.29) is 5.75 Å². The molecule has 21 heavy (non-hydrogen) atoms. The van der Waals surface area contributed by atoms with Gasteiger partial charge in [-0.15, -0.1) is 0 Å². The van der Waals surface area contributed by atoms with Gasteiger partial charge in [-0.2, -0.15) is 15.8 Å². The second-order valence-electron chi connectivity index (χ2n) is 4.93. The Labute approximate surface area is 127 Å². The Morgan fingerprint density at radius 1 is 0.810 bits per heavy atom. The Morgan fingerprint density at radius 2 is 1.24 bits per heavy atom. The minimum atomic E-state index is -4.19. The molecule has 6 nitrogen and oxygen atoms in total. The molecule has 0 aromatic rings. The quantitative estimate of drug-likeness (QED) is 0.324. The first-order valence-electron chi connectivity index (χ1n) is 6.79. The number of unbranched alkanes of at least 4 members (excludes halogenated alkanes) is 1. The monoisotopic (exact) mass is 329 g/mol. The highest BCUT2D eigenvalue weighted by Crippen LogP contribution is 2.60. The van der Waals surface area contributed by atoms with Crippen molar-refractivity contribution in [2.45, 2.75) is 32.1 Å². The van der Waals surface area contributed by atoms with Gasteiger partial charge in [0.05, 0.1) is 72.2 Å². The molecule has 0 saturated carbocycles. The highest BCUT2D eigenvalue weighted by Gasteiger charge is 2.35. The summed E-state index contributed by atoms with van der Waals surface area (Å²) in [5.74, 6) is -0.373. The average Bonchev–Trinajstić information content (AvgIpc) is 2.43. The van der Waals surface area contributed by atoms with Crippen LogP contribution in [0.2, 0.25) is 0 Å². The summed E-state index contributed by atoms with van der Waals surface area (Å²) >= 11 is 0. The third-order valence-electron chi connectivity index (χ3n) is 3.37. The number of hydrogen-bond donors (Lipinski definition) is 0. The topological polar surface area (TPSA) is 129 Å². The molecule has 0 heterocycles. The van der Waals surface area contributed by atoms with Crippen molar-refractivity contribution in [2.24, 2.45) is 0 Å². The number of hydrogen-bond acceptors (Lipinski definition) is 6. The SMILES string of the molecule is N#CCC[P+](CCC#N)(CCC#N)CCCCS(=O)(=O)[O-]. The number of nitrogens with zero attached hydrogens (tertiary/aromatic N) is 3. The van der Waals surface area contributed by atoms with E-state index in [0.717, 1.165) is 6.16 Å². The fourth-order valence-corrected chi connectivity index (χ4v) is 6.78. The van der Waals surface area contributed by atoms with E-state index in [1.807, 2.05) is 0 Å². The third-order valence-corrected chi connectivity index (χ3v) is 8.94. The summed E-state index contributed by atoms with van der Waals surface area (Å²) in [5.41, 5.74) is 0. The standard InChI is InChI=1S/C13H20N3O3PS/c14-6-3-10-20(11-4-7-15,12-5-8-16)9-1-2-13-21(17,18)19/h1-5,9-13H2. The van der Waals surface area contributed by atoms with Crippen LogP contribution in [0, 0.1) is 34.0 Å². The van der Waals surface area contributed by atoms with Gasteiger partial charge in [0.2, 0.25) is 0 Å². The van der Waals surface area contributed by atoms with E-state index < -0.39 is 17.4 Å². The summed E-state index contributed by atoms with van der Waals surface area (Å²) in [6, 6.07) is 6.32. The molecule has 0 radical (unpaired) electrons. The van der Waals surface area contributed by atoms with E-state index in [1.165, 1.54) is 0 Å². The van der Waals surface area contributed by atoms with E-state index in [9.17, 15) is 13.0 Å². The van der Waals surface area contributed by atoms with Crippen LogP contribution in [-0.2, 0) is 10.1 Å². The lowest BCUT2D eigenvalue weighted by molar-refractivity contribution is 0.461. The van der Waals surface area contributed by atoms with Gasteiger partial charge in [-0.1, -0.05) is 0 Å². The van der Waals surface area contributed by atoms with E-state index in [1.54, 1.807) is 0 Å². The van der Waals surface area contributed by atoms with Crippen molar-refractivity contribution in [1.29, 1.82) is 15.8 Å². The summed E-state index contributed by atoms with van der Waals surface area (Å²) in [5, 5.41) is 26.3. The maximum atomic E-state index is 10.6. The third kappa shape index (κ3) is 10.2. The Kier molecular flexibility index (Phi) is 9.93. The summed E-state index contributed by atoms with van der Waals surface area (Å²) in [4.78, 5) is 0. The minimum Gasteiger partial charge on any atom is -0.748 e. The molecular weight excluding hydrogens is 309 g/mol. The van der Waals surface area contributed by atoms with E-state index >= 15 is 0 Å². The van der Waals surface area contributed by atoms with Crippen LogP contribution >= 0.6 is 7.26 Å². The van der Waals surface area contributed by atoms with Gasteiger partial charge < -0.3 is 4.55 Å². The first kappa shape index (κ1) is 19.8. The van der Waals surface area contributed by atoms with Crippen LogP contribution in [0.5, 0.6) is 0 Å². The van der Waals surface area contributed by atoms with Crippen LogP contribution in [0.1, 0.15) is 32.1 Å². The van der Waals surface area contributed by atoms with Crippen LogP contribution in [-0.4, -0.2) is 43.4 Å². The smallest absolute Gasteiger partial charge is 0.0945 e. The van der Waals surface area contributed by atoms with Gasteiger partial charge >= 0.3 is 0 Å². The Bertz CT molecular complexity index is 483. The highest BCUT2D eigenvalue weighted by molar-refractivity contribution is 7.85. The van der Waals surface area contributed by atoms with Crippen molar-refractivity contribution in [1.82, 2.24) is 0 Å². The van der Waals surface area contributed by atoms with Crippen molar-refractivity contribution in [2.75, 3.05) is 30.4 Å². The minimum absolute atomic E-state index is 0.305. The maximum absolute atomic E-state index is 10.6. The molecule has 0 amide bonds. The lowest BCUT2D eigenvalue weighted by atomic mass is 10.4. The van der Waals surface area contributed by atoms with Crippen LogP contribution in [0.25, 0.3) is 0 Å². The first-order valence-corrected chi connectivity index (χ1v) is 10.9. The van der Waals surface area contributed by atoms with Gasteiger partial charge in [0.15, 0.2) is 0 Å². The molecule has 0 atom stereocenters. The van der Waals surface area contributed by atoms with Crippen molar-refractivity contribution in [3.05, 3.63) is 0 Å². The lowest BCUT2D eigenvalue weighted by Crippen LogP contribution is -2.13. The zero-order chi connectivity index (χ0) is 16.2. The molecule has 0 spiro atoms. The Morgan fingerprint density at radius 3 is 1.57 bits per heavy atom. The van der Waals surface area contributed by atoms with Gasteiger partial charge in [0.1, 0.15) is 0 Å². The molecule has 116 valence electrons. The summed E-state index contributed by atoms with van der Waals surface area (Å²) in [6.07, 6.45) is 4.94. The summed E-state index contributed by atoms with van der Waals surface area (Å²) in [6.45, 7) is 0. The van der Waals surface area contributed by atoms with Crippen molar-refractivity contribution in [3.8, 4) is 18.2 Å². The number of rotatable bonds is 11. The molecule has 0 bridgehead atoms. The predicted octanol–water partition coefficient (Wildman–Crippen LogP) is 2.07. The summed E-state index contributed by atoms with van der Waals surface area (Å²) < 4.78 is 31.8. The molecule has 0 fully saturated rings. The van der Waals surface area contributed by atoms with Gasteiger partial charge in [0, 0.05) is 13.0 Å². The molecule has 0 unspecified atom stereocenters. The first-order chi connectivity index (χ1) is 9.89. The molecule has 0 aromatic heterocycles. The molecule has 0 saturated heterocycles. The van der Waals surface area contributed by atoms with Gasteiger partial charge in [0.25, 0.3) is 0 Å². The zero-order valence-corrected chi connectivity index (χ0v) is 13.7. The Balaban J connectivity index is 4.68. The van der Waals surface area contributed by atoms with Crippen LogP contribution in [0.15, 0.2) is 0 Å². The normalized spacial score (nSPS) is 11.3. The van der Waals surface area contributed by atoms with E-state index in [4.69, 9.17) is 15.8 Å². The highest BCUT2D eigenvalue weighted by atomic mass is 32.2. The molecular formula is C13H20N3O3PS. The predicted molar refractivity (Wildman–Crippen MR) is 80.9 cm³/mol. The maximum Gasteiger partial charge on any atom is 0.0945 e.